The first-order valence-corrected chi connectivity index (χ1v) is 5.79. The molecule has 2 nitrogen and oxygen atoms in total. The molecule has 0 bridgehead atoms. The molecule has 0 aliphatic carbocycles. The van der Waals surface area contributed by atoms with Crippen molar-refractivity contribution in [3.63, 3.8) is 0 Å². The summed E-state index contributed by atoms with van der Waals surface area (Å²) in [5, 5.41) is 4.37. The first kappa shape index (κ1) is 11.8. The lowest BCUT2D eigenvalue weighted by Crippen LogP contribution is -2.14. The fourth-order valence-corrected chi connectivity index (χ4v) is 1.93. The predicted molar refractivity (Wildman–Crippen MR) is 69.4 cm³/mol. The maximum Gasteiger partial charge on any atom is 0.125 e. The summed E-state index contributed by atoms with van der Waals surface area (Å²) in [5.74, 6) is -0.253. The molecule has 1 N–H and O–H groups in total. The highest BCUT2D eigenvalue weighted by molar-refractivity contribution is 5.91. The molecule has 0 spiro atoms. The van der Waals surface area contributed by atoms with Gasteiger partial charge in [-0.1, -0.05) is 6.92 Å². The second-order valence-corrected chi connectivity index (χ2v) is 4.21. The molecule has 2 aromatic rings. The van der Waals surface area contributed by atoms with Crippen molar-refractivity contribution in [3.8, 4) is 0 Å². The van der Waals surface area contributed by atoms with Crippen molar-refractivity contribution in [2.75, 3.05) is 5.32 Å². The standard InChI is InChI=1S/C14H16FN2/c1-3-4-10(2)17-13-7-8-16-14-9-11(15)5-6-12(13)14/h3,5-10H,4H2,1-2H3,(H,16,17). The van der Waals surface area contributed by atoms with Crippen LogP contribution in [-0.4, -0.2) is 11.0 Å². The number of nitrogens with one attached hydrogen (secondary N) is 1. The molecule has 2 rings (SSSR count). The van der Waals surface area contributed by atoms with Gasteiger partial charge in [-0.25, -0.2) is 4.39 Å². The SMILES string of the molecule is C[CH]CC(C)Nc1ccnc2cc(F)ccc12. The summed E-state index contributed by atoms with van der Waals surface area (Å²) in [7, 11) is 0. The number of anilines is 1. The van der Waals surface area contributed by atoms with Gasteiger partial charge in [0, 0.05) is 29.4 Å². The molecular weight excluding hydrogens is 215 g/mol. The van der Waals surface area contributed by atoms with Crippen molar-refractivity contribution in [2.45, 2.75) is 26.3 Å². The zero-order chi connectivity index (χ0) is 12.3. The Morgan fingerprint density at radius 1 is 1.41 bits per heavy atom. The van der Waals surface area contributed by atoms with Gasteiger partial charge in [0.2, 0.25) is 0 Å². The van der Waals surface area contributed by atoms with Crippen LogP contribution in [-0.2, 0) is 0 Å². The minimum absolute atomic E-state index is 0.253. The van der Waals surface area contributed by atoms with Gasteiger partial charge in [-0.3, -0.25) is 4.98 Å². The third kappa shape index (κ3) is 2.73. The molecule has 1 aromatic carbocycles. The number of nitrogens with zero attached hydrogens (tertiary/aromatic N) is 1. The van der Waals surface area contributed by atoms with Crippen LogP contribution in [0.1, 0.15) is 20.3 Å². The second-order valence-electron chi connectivity index (χ2n) is 4.21. The molecule has 1 heterocycles. The lowest BCUT2D eigenvalue weighted by molar-refractivity contribution is 0.629. The minimum atomic E-state index is -0.253. The molecule has 0 saturated heterocycles. The summed E-state index contributed by atoms with van der Waals surface area (Å²) >= 11 is 0. The number of hydrogen-bond acceptors (Lipinski definition) is 2. The van der Waals surface area contributed by atoms with Gasteiger partial charge in [0.15, 0.2) is 0 Å². The first-order chi connectivity index (χ1) is 8.20. The van der Waals surface area contributed by atoms with E-state index in [2.05, 4.69) is 23.6 Å². The molecule has 89 valence electrons. The average molecular weight is 231 g/mol. The summed E-state index contributed by atoms with van der Waals surface area (Å²) in [6.45, 7) is 4.16. The van der Waals surface area contributed by atoms with E-state index in [1.165, 1.54) is 12.1 Å². The number of halogens is 1. The number of hydrogen-bond donors (Lipinski definition) is 1. The summed E-state index contributed by atoms with van der Waals surface area (Å²) in [5.41, 5.74) is 1.69. The van der Waals surface area contributed by atoms with Crippen LogP contribution >= 0.6 is 0 Å². The van der Waals surface area contributed by atoms with Crippen LogP contribution in [0.15, 0.2) is 30.5 Å². The van der Waals surface area contributed by atoms with Crippen molar-refractivity contribution in [1.29, 1.82) is 0 Å². The molecule has 1 radical (unpaired) electrons. The van der Waals surface area contributed by atoms with Crippen molar-refractivity contribution >= 4 is 16.6 Å². The monoisotopic (exact) mass is 231 g/mol. The highest BCUT2D eigenvalue weighted by atomic mass is 19.1. The Hall–Kier alpha value is -1.64. The molecular formula is C14H16FN2. The Bertz CT molecular complexity index is 511. The Balaban J connectivity index is 2.34. The molecule has 1 atom stereocenters. The fraction of sp³-hybridized carbons (Fsp3) is 0.286. The van der Waals surface area contributed by atoms with E-state index in [1.807, 2.05) is 13.0 Å². The summed E-state index contributed by atoms with van der Waals surface area (Å²) in [4.78, 5) is 4.17. The summed E-state index contributed by atoms with van der Waals surface area (Å²) < 4.78 is 13.1. The van der Waals surface area contributed by atoms with Gasteiger partial charge in [-0.2, -0.15) is 0 Å². The van der Waals surface area contributed by atoms with E-state index in [1.54, 1.807) is 12.3 Å². The largest absolute Gasteiger partial charge is 0.382 e. The smallest absolute Gasteiger partial charge is 0.125 e. The quantitative estimate of drug-likeness (QED) is 0.866. The molecule has 0 amide bonds. The molecule has 0 aliphatic heterocycles. The van der Waals surface area contributed by atoms with Crippen molar-refractivity contribution in [1.82, 2.24) is 4.98 Å². The Kier molecular flexibility index (Phi) is 3.57. The molecule has 17 heavy (non-hydrogen) atoms. The molecule has 1 unspecified atom stereocenters. The van der Waals surface area contributed by atoms with Crippen molar-refractivity contribution in [3.05, 3.63) is 42.7 Å². The van der Waals surface area contributed by atoms with E-state index >= 15 is 0 Å². The second kappa shape index (κ2) is 5.13. The van der Waals surface area contributed by atoms with Gasteiger partial charge in [0.1, 0.15) is 5.82 Å². The van der Waals surface area contributed by atoms with E-state index in [0.29, 0.717) is 11.6 Å². The lowest BCUT2D eigenvalue weighted by Gasteiger charge is -2.15. The van der Waals surface area contributed by atoms with Crippen LogP contribution in [0, 0.1) is 12.2 Å². The van der Waals surface area contributed by atoms with Crippen LogP contribution in [0.25, 0.3) is 10.9 Å². The van der Waals surface area contributed by atoms with Crippen molar-refractivity contribution in [2.24, 2.45) is 0 Å². The molecule has 0 saturated carbocycles. The molecule has 3 heteroatoms. The van der Waals surface area contributed by atoms with Gasteiger partial charge in [-0.05, 0) is 38.0 Å². The molecule has 1 aromatic heterocycles. The Morgan fingerprint density at radius 3 is 3.00 bits per heavy atom. The Morgan fingerprint density at radius 2 is 2.24 bits per heavy atom. The van der Waals surface area contributed by atoms with Gasteiger partial charge in [-0.15, -0.1) is 0 Å². The van der Waals surface area contributed by atoms with Gasteiger partial charge >= 0.3 is 0 Å². The van der Waals surface area contributed by atoms with Crippen LogP contribution in [0.5, 0.6) is 0 Å². The number of aromatic nitrogens is 1. The molecule has 0 aliphatic rings. The fourth-order valence-electron chi connectivity index (χ4n) is 1.93. The number of rotatable bonds is 4. The molecule has 0 fully saturated rings. The van der Waals surface area contributed by atoms with Gasteiger partial charge in [0.05, 0.1) is 5.52 Å². The lowest BCUT2D eigenvalue weighted by atomic mass is 10.1. The summed E-state index contributed by atoms with van der Waals surface area (Å²) in [6, 6.07) is 6.97. The van der Waals surface area contributed by atoms with E-state index in [9.17, 15) is 4.39 Å². The van der Waals surface area contributed by atoms with Crippen LogP contribution in [0.4, 0.5) is 10.1 Å². The zero-order valence-electron chi connectivity index (χ0n) is 10.1. The van der Waals surface area contributed by atoms with E-state index in [0.717, 1.165) is 17.5 Å². The number of pyridine rings is 1. The van der Waals surface area contributed by atoms with E-state index < -0.39 is 0 Å². The van der Waals surface area contributed by atoms with E-state index in [4.69, 9.17) is 0 Å². The third-order valence-corrected chi connectivity index (χ3v) is 2.70. The highest BCUT2D eigenvalue weighted by Crippen LogP contribution is 2.23. The third-order valence-electron chi connectivity index (χ3n) is 2.70. The zero-order valence-corrected chi connectivity index (χ0v) is 10.1. The van der Waals surface area contributed by atoms with Gasteiger partial charge in [0.25, 0.3) is 0 Å². The number of benzene rings is 1. The van der Waals surface area contributed by atoms with Crippen LogP contribution in [0.2, 0.25) is 0 Å². The normalized spacial score (nSPS) is 12.6. The predicted octanol–water partition coefficient (Wildman–Crippen LogP) is 3.79. The summed E-state index contributed by atoms with van der Waals surface area (Å²) in [6.07, 6.45) is 4.82. The topological polar surface area (TPSA) is 24.9 Å². The number of fused-ring (bicyclic) bond motifs is 1. The maximum absolute atomic E-state index is 13.1. The maximum atomic E-state index is 13.1. The van der Waals surface area contributed by atoms with Crippen LogP contribution in [0.3, 0.4) is 0 Å². The Labute approximate surface area is 101 Å². The minimum Gasteiger partial charge on any atom is -0.382 e. The van der Waals surface area contributed by atoms with Gasteiger partial charge < -0.3 is 5.32 Å². The van der Waals surface area contributed by atoms with Crippen molar-refractivity contribution < 1.29 is 4.39 Å². The average Bonchev–Trinajstić information content (AvgIpc) is 2.29. The van der Waals surface area contributed by atoms with E-state index in [-0.39, 0.29) is 5.82 Å². The highest BCUT2D eigenvalue weighted by Gasteiger charge is 2.05. The first-order valence-electron chi connectivity index (χ1n) is 5.79. The van der Waals surface area contributed by atoms with Crippen LogP contribution < -0.4 is 5.32 Å².